The van der Waals surface area contributed by atoms with E-state index < -0.39 is 6.36 Å². The van der Waals surface area contributed by atoms with Crippen LogP contribution in [0.15, 0.2) is 36.4 Å². The lowest BCUT2D eigenvalue weighted by Crippen LogP contribution is -2.43. The maximum absolute atomic E-state index is 13.0. The maximum atomic E-state index is 13.0. The molecule has 2 heterocycles. The van der Waals surface area contributed by atoms with Crippen LogP contribution in [0.25, 0.3) is 0 Å². The molecule has 2 aliphatic heterocycles. The van der Waals surface area contributed by atoms with Crippen molar-refractivity contribution in [3.63, 3.8) is 0 Å². The molecule has 166 valence electrons. The van der Waals surface area contributed by atoms with Gasteiger partial charge in [0.25, 0.3) is 5.91 Å². The lowest BCUT2D eigenvalue weighted by atomic mass is 10.00. The smallest absolute Gasteiger partial charge is 0.406 e. The van der Waals surface area contributed by atoms with Gasteiger partial charge in [-0.15, -0.1) is 13.2 Å². The van der Waals surface area contributed by atoms with E-state index in [1.54, 1.807) is 17.0 Å². The third kappa shape index (κ3) is 5.19. The molecule has 0 spiro atoms. The van der Waals surface area contributed by atoms with Gasteiger partial charge in [0.2, 0.25) is 0 Å². The normalized spacial score (nSPS) is 17.8. The van der Waals surface area contributed by atoms with Gasteiger partial charge in [0.05, 0.1) is 0 Å². The molecule has 0 unspecified atom stereocenters. The van der Waals surface area contributed by atoms with Crippen molar-refractivity contribution in [3.05, 3.63) is 64.2 Å². The summed E-state index contributed by atoms with van der Waals surface area (Å²) in [5, 5.41) is 0. The minimum absolute atomic E-state index is 0.0331. The molecule has 0 atom stereocenters. The zero-order valence-electron chi connectivity index (χ0n) is 17.7. The molecule has 1 fully saturated rings. The summed E-state index contributed by atoms with van der Waals surface area (Å²) >= 11 is 0. The molecule has 0 aromatic heterocycles. The first-order valence-electron chi connectivity index (χ1n) is 10.4. The van der Waals surface area contributed by atoms with Gasteiger partial charge in [0.15, 0.2) is 0 Å². The number of amides is 1. The standard InChI is InChI=1S/C23H26F3N3O2/c1-16-11-18(13-28-9-7-27(2)8-10-28)12-19-15-29(22(30)21(16)19)14-17-3-5-20(6-4-17)31-23(24,25)26/h3-6,11-12H,7-10,13-15H2,1-2H3. The monoisotopic (exact) mass is 433 g/mol. The van der Waals surface area contributed by atoms with Crippen LogP contribution in [0, 0.1) is 6.92 Å². The van der Waals surface area contributed by atoms with E-state index in [0.29, 0.717) is 13.1 Å². The van der Waals surface area contributed by atoms with Crippen molar-refractivity contribution >= 4 is 5.91 Å². The van der Waals surface area contributed by atoms with E-state index >= 15 is 0 Å². The van der Waals surface area contributed by atoms with Gasteiger partial charge in [-0.05, 0) is 48.4 Å². The van der Waals surface area contributed by atoms with Crippen LogP contribution in [0.2, 0.25) is 0 Å². The second kappa shape index (κ2) is 8.51. The molecule has 0 saturated carbocycles. The first-order valence-corrected chi connectivity index (χ1v) is 10.4. The number of likely N-dealkylation sites (N-methyl/N-ethyl adjacent to an activating group) is 1. The molecule has 5 nitrogen and oxygen atoms in total. The van der Waals surface area contributed by atoms with Crippen LogP contribution in [0.1, 0.15) is 32.6 Å². The number of carbonyl (C=O) groups is 1. The third-order valence-corrected chi connectivity index (χ3v) is 5.87. The molecule has 0 aliphatic carbocycles. The SMILES string of the molecule is Cc1cc(CN2CCN(C)CC2)cc2c1C(=O)N(Cc1ccc(OC(F)(F)F)cc1)C2. The number of halogens is 3. The largest absolute Gasteiger partial charge is 0.573 e. The Morgan fingerprint density at radius 2 is 1.65 bits per heavy atom. The predicted molar refractivity (Wildman–Crippen MR) is 111 cm³/mol. The van der Waals surface area contributed by atoms with Crippen LogP contribution in [0.3, 0.4) is 0 Å². The van der Waals surface area contributed by atoms with Gasteiger partial charge in [0, 0.05) is 51.4 Å². The third-order valence-electron chi connectivity index (χ3n) is 5.87. The number of aryl methyl sites for hydroxylation is 1. The van der Waals surface area contributed by atoms with Gasteiger partial charge in [-0.1, -0.05) is 24.3 Å². The van der Waals surface area contributed by atoms with E-state index in [0.717, 1.165) is 55.0 Å². The molecule has 0 N–H and O–H groups in total. The summed E-state index contributed by atoms with van der Waals surface area (Å²) in [6.45, 7) is 7.87. The lowest BCUT2D eigenvalue weighted by Gasteiger charge is -2.32. The number of fused-ring (bicyclic) bond motifs is 1. The van der Waals surface area contributed by atoms with Gasteiger partial charge in [-0.2, -0.15) is 0 Å². The van der Waals surface area contributed by atoms with E-state index in [4.69, 9.17) is 0 Å². The molecule has 2 aromatic rings. The Balaban J connectivity index is 1.43. The molecule has 1 saturated heterocycles. The molecule has 2 aromatic carbocycles. The number of carbonyl (C=O) groups excluding carboxylic acids is 1. The van der Waals surface area contributed by atoms with Crippen LogP contribution < -0.4 is 4.74 Å². The van der Waals surface area contributed by atoms with Gasteiger partial charge in [-0.3, -0.25) is 9.69 Å². The highest BCUT2D eigenvalue weighted by Gasteiger charge is 2.32. The average Bonchev–Trinajstić information content (AvgIpc) is 3.00. The summed E-state index contributed by atoms with van der Waals surface area (Å²) in [6, 6.07) is 9.89. The molecule has 0 radical (unpaired) electrons. The summed E-state index contributed by atoms with van der Waals surface area (Å²) in [6.07, 6.45) is -4.71. The Bertz CT molecular complexity index is 952. The summed E-state index contributed by atoms with van der Waals surface area (Å²) in [5.41, 5.74) is 4.71. The van der Waals surface area contributed by atoms with Crippen molar-refractivity contribution in [2.75, 3.05) is 33.2 Å². The van der Waals surface area contributed by atoms with Crippen molar-refractivity contribution in [2.45, 2.75) is 32.9 Å². The molecular formula is C23H26F3N3O2. The summed E-state index contributed by atoms with van der Waals surface area (Å²) in [4.78, 5) is 19.4. The minimum atomic E-state index is -4.71. The van der Waals surface area contributed by atoms with E-state index in [-0.39, 0.29) is 11.7 Å². The Kier molecular flexibility index (Phi) is 5.94. The van der Waals surface area contributed by atoms with Crippen molar-refractivity contribution in [2.24, 2.45) is 0 Å². The number of ether oxygens (including phenoxy) is 1. The molecule has 0 bridgehead atoms. The highest BCUT2D eigenvalue weighted by Crippen LogP contribution is 2.30. The van der Waals surface area contributed by atoms with Crippen molar-refractivity contribution < 1.29 is 22.7 Å². The number of hydrogen-bond donors (Lipinski definition) is 0. The summed E-state index contributed by atoms with van der Waals surface area (Å²) in [7, 11) is 2.13. The number of rotatable bonds is 5. The van der Waals surface area contributed by atoms with E-state index in [9.17, 15) is 18.0 Å². The second-order valence-corrected chi connectivity index (χ2v) is 8.38. The van der Waals surface area contributed by atoms with Crippen LogP contribution in [0.5, 0.6) is 5.75 Å². The number of benzene rings is 2. The topological polar surface area (TPSA) is 36.0 Å². The lowest BCUT2D eigenvalue weighted by molar-refractivity contribution is -0.274. The number of alkyl halides is 3. The fraction of sp³-hybridized carbons (Fsp3) is 0.435. The highest BCUT2D eigenvalue weighted by atomic mass is 19.4. The van der Waals surface area contributed by atoms with Crippen LogP contribution in [0.4, 0.5) is 13.2 Å². The van der Waals surface area contributed by atoms with Crippen LogP contribution in [-0.2, 0) is 19.6 Å². The van der Waals surface area contributed by atoms with Crippen molar-refractivity contribution in [3.8, 4) is 5.75 Å². The highest BCUT2D eigenvalue weighted by molar-refractivity contribution is 5.99. The van der Waals surface area contributed by atoms with Crippen LogP contribution in [-0.4, -0.2) is 60.2 Å². The summed E-state index contributed by atoms with van der Waals surface area (Å²) < 4.78 is 40.9. The Labute approximate surface area is 180 Å². The molecule has 4 rings (SSSR count). The van der Waals surface area contributed by atoms with E-state index in [1.165, 1.54) is 17.7 Å². The molecule has 2 aliphatic rings. The van der Waals surface area contributed by atoms with Crippen LogP contribution >= 0.6 is 0 Å². The number of piperazine rings is 1. The Morgan fingerprint density at radius 1 is 0.968 bits per heavy atom. The van der Waals surface area contributed by atoms with Gasteiger partial charge in [0.1, 0.15) is 5.75 Å². The van der Waals surface area contributed by atoms with E-state index in [2.05, 4.69) is 33.7 Å². The Morgan fingerprint density at radius 3 is 2.29 bits per heavy atom. The van der Waals surface area contributed by atoms with Gasteiger partial charge < -0.3 is 14.5 Å². The van der Waals surface area contributed by atoms with Crippen molar-refractivity contribution in [1.82, 2.24) is 14.7 Å². The van der Waals surface area contributed by atoms with E-state index in [1.807, 2.05) is 6.92 Å². The molecule has 8 heteroatoms. The fourth-order valence-corrected chi connectivity index (χ4v) is 4.31. The minimum Gasteiger partial charge on any atom is -0.406 e. The first-order chi connectivity index (χ1) is 14.7. The molecule has 31 heavy (non-hydrogen) atoms. The quantitative estimate of drug-likeness (QED) is 0.719. The zero-order valence-corrected chi connectivity index (χ0v) is 17.7. The summed E-state index contributed by atoms with van der Waals surface area (Å²) in [5.74, 6) is -0.300. The predicted octanol–water partition coefficient (Wildman–Crippen LogP) is 3.80. The van der Waals surface area contributed by atoms with Gasteiger partial charge >= 0.3 is 6.36 Å². The fourth-order valence-electron chi connectivity index (χ4n) is 4.31. The average molecular weight is 433 g/mol. The zero-order chi connectivity index (χ0) is 22.2. The first kappa shape index (κ1) is 21.6. The number of hydrogen-bond acceptors (Lipinski definition) is 4. The van der Waals surface area contributed by atoms with Crippen molar-refractivity contribution in [1.29, 1.82) is 0 Å². The number of nitrogens with zero attached hydrogens (tertiary/aromatic N) is 3. The molecular weight excluding hydrogens is 407 g/mol. The molecule has 1 amide bonds. The van der Waals surface area contributed by atoms with Gasteiger partial charge in [-0.25, -0.2) is 0 Å². The second-order valence-electron chi connectivity index (χ2n) is 8.38. The maximum Gasteiger partial charge on any atom is 0.573 e. The Hall–Kier alpha value is -2.58.